The fraction of sp³-hybridized carbons (Fsp3) is 0.778. The van der Waals surface area contributed by atoms with E-state index in [1.54, 1.807) is 41.5 Å². The highest BCUT2D eigenvalue weighted by Crippen LogP contribution is 2.08. The second kappa shape index (κ2) is 14.9. The predicted octanol–water partition coefficient (Wildman–Crippen LogP) is 2.19. The van der Waals surface area contributed by atoms with Gasteiger partial charge >= 0.3 is 28.6 Å². The third kappa shape index (κ3) is 34.2. The first-order valence-corrected chi connectivity index (χ1v) is 9.27. The lowest BCUT2D eigenvalue weighted by Gasteiger charge is -2.18. The summed E-state index contributed by atoms with van der Waals surface area (Å²) in [6, 6.07) is 0. The molecule has 7 nitrogen and oxygen atoms in total. The van der Waals surface area contributed by atoms with Crippen LogP contribution in [0.1, 0.15) is 75.2 Å². The molecule has 152 valence electrons. The highest BCUT2D eigenvalue weighted by Gasteiger charge is 2.17. The largest absolute Gasteiger partial charge is 0.506 e. The third-order valence-electron chi connectivity index (χ3n) is 1.92. The van der Waals surface area contributed by atoms with E-state index in [0.717, 1.165) is 23.2 Å². The molecule has 26 heavy (non-hydrogen) atoms. The van der Waals surface area contributed by atoms with Crippen LogP contribution in [0.25, 0.3) is 0 Å². The van der Waals surface area contributed by atoms with Crippen LogP contribution in [-0.4, -0.2) is 57.9 Å². The molecule has 0 bridgehead atoms. The van der Waals surface area contributed by atoms with Crippen molar-refractivity contribution in [1.29, 1.82) is 0 Å². The summed E-state index contributed by atoms with van der Waals surface area (Å²) in [5.74, 6) is -1.24. The second-order valence-corrected chi connectivity index (χ2v) is 8.09. The van der Waals surface area contributed by atoms with Gasteiger partial charge in [0.05, 0.1) is 0 Å². The van der Waals surface area contributed by atoms with Gasteiger partial charge in [-0.1, -0.05) is 0 Å². The molecular weight excluding hydrogens is 355 g/mol. The van der Waals surface area contributed by atoms with Gasteiger partial charge in [-0.25, -0.2) is 0 Å². The molecule has 0 aromatic heterocycles. The standard InChI is InChI=1S/2C8H14O3.C2H5O.Al.2H/c2*1-6(9)5-7(10)11-8(2,3)4;1-2-3;;;/h2*5H2,1-4H3;2H2,1H3;;;/q;;-1;+1;;. The zero-order valence-corrected chi connectivity index (χ0v) is 20.0. The molecule has 0 heterocycles. The quantitative estimate of drug-likeness (QED) is 0.403. The first kappa shape index (κ1) is 29.5. The molecule has 0 amide bonds. The van der Waals surface area contributed by atoms with Gasteiger partial charge in [0.25, 0.3) is 0 Å². The summed E-state index contributed by atoms with van der Waals surface area (Å²) in [5, 5.41) is 0. The molecule has 0 aliphatic heterocycles. The summed E-state index contributed by atoms with van der Waals surface area (Å²) in [6.45, 7) is 16.2. The molecule has 0 atom stereocenters. The van der Waals surface area contributed by atoms with Crippen LogP contribution in [0, 0.1) is 0 Å². The van der Waals surface area contributed by atoms with Crippen molar-refractivity contribution in [2.24, 2.45) is 0 Å². The summed E-state index contributed by atoms with van der Waals surface area (Å²) < 4.78 is 14.5. The predicted molar refractivity (Wildman–Crippen MR) is 102 cm³/mol. The number of ketones is 2. The molecule has 0 unspecified atom stereocenters. The van der Waals surface area contributed by atoms with Gasteiger partial charge in [0, 0.05) is 6.61 Å². The highest BCUT2D eigenvalue weighted by atomic mass is 27.1. The lowest BCUT2D eigenvalue weighted by atomic mass is 10.2. The maximum atomic E-state index is 10.8. The highest BCUT2D eigenvalue weighted by molar-refractivity contribution is 5.97. The van der Waals surface area contributed by atoms with Crippen LogP contribution >= 0.6 is 0 Å². The summed E-state index contributed by atoms with van der Waals surface area (Å²) in [4.78, 5) is 42.5. The minimum absolute atomic E-state index is 0.128. The Kier molecular flexibility index (Phi) is 16.9. The van der Waals surface area contributed by atoms with Gasteiger partial charge < -0.3 is 13.3 Å². The van der Waals surface area contributed by atoms with E-state index in [1.807, 2.05) is 6.92 Å². The number of rotatable bonds is 5. The zero-order chi connectivity index (χ0) is 21.6. The topological polar surface area (TPSA) is 96.0 Å². The lowest BCUT2D eigenvalue weighted by molar-refractivity contribution is -0.157. The third-order valence-corrected chi connectivity index (χ3v) is 2.49. The summed E-state index contributed by atoms with van der Waals surface area (Å²) in [7, 11) is 0. The Balaban J connectivity index is -0.000000338. The SMILES string of the molecule is CC(=O)CC(=O)OC(C)(C)C.CC(=O)CC(=O)OC(C)(C)C.CC[O][AlH2]. The fourth-order valence-corrected chi connectivity index (χ4v) is 1.16. The summed E-state index contributed by atoms with van der Waals surface area (Å²) >= 11 is 0.890. The minimum Gasteiger partial charge on any atom is -0.506 e. The van der Waals surface area contributed by atoms with E-state index >= 15 is 0 Å². The van der Waals surface area contributed by atoms with E-state index in [0.29, 0.717) is 0 Å². The van der Waals surface area contributed by atoms with Crippen molar-refractivity contribution >= 4 is 40.1 Å². The zero-order valence-electron chi connectivity index (χ0n) is 18.0. The number of carbonyl (C=O) groups excluding carboxylic acids is 4. The maximum absolute atomic E-state index is 10.8. The first-order chi connectivity index (χ1) is 11.5. The van der Waals surface area contributed by atoms with E-state index in [-0.39, 0.29) is 24.4 Å². The molecule has 0 saturated heterocycles. The second-order valence-electron chi connectivity index (χ2n) is 7.51. The summed E-state index contributed by atoms with van der Waals surface area (Å²) in [5.41, 5.74) is -0.987. The van der Waals surface area contributed by atoms with Gasteiger partial charge in [-0.3, -0.25) is 19.2 Å². The molecular formula is C18H35AlO7. The van der Waals surface area contributed by atoms with Crippen molar-refractivity contribution in [3.05, 3.63) is 0 Å². The van der Waals surface area contributed by atoms with Crippen molar-refractivity contribution in [2.75, 3.05) is 6.61 Å². The van der Waals surface area contributed by atoms with Gasteiger partial charge in [-0.2, -0.15) is 0 Å². The molecule has 0 radical (unpaired) electrons. The van der Waals surface area contributed by atoms with Gasteiger partial charge in [-0.05, 0) is 62.3 Å². The van der Waals surface area contributed by atoms with Crippen LogP contribution in [0.5, 0.6) is 0 Å². The Morgan fingerprint density at radius 3 is 1.08 bits per heavy atom. The Morgan fingerprint density at radius 2 is 0.962 bits per heavy atom. The molecule has 0 saturated carbocycles. The first-order valence-electron chi connectivity index (χ1n) is 8.45. The van der Waals surface area contributed by atoms with Crippen LogP contribution in [0.15, 0.2) is 0 Å². The van der Waals surface area contributed by atoms with Crippen LogP contribution in [0.3, 0.4) is 0 Å². The van der Waals surface area contributed by atoms with Gasteiger partial charge in [0.15, 0.2) is 0 Å². The molecule has 0 aliphatic carbocycles. The molecule has 0 fully saturated rings. The van der Waals surface area contributed by atoms with Crippen molar-refractivity contribution < 1.29 is 32.4 Å². The Hall–Kier alpha value is -1.23. The number of hydrogen-bond donors (Lipinski definition) is 0. The van der Waals surface area contributed by atoms with Gasteiger partial charge in [0.1, 0.15) is 35.6 Å². The van der Waals surface area contributed by atoms with E-state index in [2.05, 4.69) is 3.79 Å². The summed E-state index contributed by atoms with van der Waals surface area (Å²) in [6.07, 6.45) is -0.255. The average molecular weight is 390 g/mol. The van der Waals surface area contributed by atoms with E-state index in [1.165, 1.54) is 13.8 Å². The molecule has 0 aromatic rings. The Labute approximate surface area is 165 Å². The molecule has 0 rings (SSSR count). The van der Waals surface area contributed by atoms with E-state index in [4.69, 9.17) is 9.47 Å². The van der Waals surface area contributed by atoms with Crippen LogP contribution < -0.4 is 0 Å². The van der Waals surface area contributed by atoms with Crippen LogP contribution in [0.4, 0.5) is 0 Å². The smallest absolute Gasteiger partial charge is 0.410 e. The average Bonchev–Trinajstić information content (AvgIpc) is 2.32. The fourth-order valence-electron chi connectivity index (χ4n) is 1.16. The number of esters is 2. The minimum atomic E-state index is -0.494. The molecule has 0 aliphatic rings. The van der Waals surface area contributed by atoms with Crippen molar-refractivity contribution in [1.82, 2.24) is 0 Å². The molecule has 0 spiro atoms. The monoisotopic (exact) mass is 390 g/mol. The maximum Gasteiger partial charge on any atom is 0.410 e. The lowest BCUT2D eigenvalue weighted by Crippen LogP contribution is -2.24. The number of carbonyl (C=O) groups is 4. The van der Waals surface area contributed by atoms with Crippen LogP contribution in [-0.2, 0) is 32.4 Å². The van der Waals surface area contributed by atoms with Crippen molar-refractivity contribution in [3.8, 4) is 0 Å². The Bertz CT molecular complexity index is 403. The van der Waals surface area contributed by atoms with Crippen molar-refractivity contribution in [2.45, 2.75) is 86.4 Å². The molecule has 0 aromatic carbocycles. The van der Waals surface area contributed by atoms with Crippen LogP contribution in [0.2, 0.25) is 0 Å². The number of ether oxygens (including phenoxy) is 2. The molecule has 8 heteroatoms. The van der Waals surface area contributed by atoms with Gasteiger partial charge in [-0.15, -0.1) is 0 Å². The normalized spacial score (nSPS) is 10.3. The van der Waals surface area contributed by atoms with E-state index in [9.17, 15) is 19.2 Å². The number of hydrogen-bond acceptors (Lipinski definition) is 7. The molecule has 0 N–H and O–H groups in total. The Morgan fingerprint density at radius 1 is 0.731 bits per heavy atom. The van der Waals surface area contributed by atoms with Gasteiger partial charge in [0.2, 0.25) is 0 Å². The van der Waals surface area contributed by atoms with Crippen molar-refractivity contribution in [3.63, 3.8) is 0 Å². The number of Topliss-reactive ketones (excluding diaryl/α,β-unsaturated/α-hetero) is 2. The van der Waals surface area contributed by atoms with E-state index < -0.39 is 23.1 Å².